The molecule has 1 amide bonds. The first kappa shape index (κ1) is 21.1. The molecule has 3 aromatic carbocycles. The number of aromatic nitrogens is 3. The highest BCUT2D eigenvalue weighted by atomic mass is 16.5. The number of carbonyl (C=O) groups is 1. The van der Waals surface area contributed by atoms with E-state index < -0.39 is 0 Å². The molecular weight excluding hydrogens is 432 g/mol. The molecule has 0 bridgehead atoms. The molecule has 0 fully saturated rings. The summed E-state index contributed by atoms with van der Waals surface area (Å²) in [6.45, 7) is 0. The summed E-state index contributed by atoms with van der Waals surface area (Å²) in [5.74, 6) is 2.15. The zero-order valence-electron chi connectivity index (χ0n) is 18.5. The fourth-order valence-corrected chi connectivity index (χ4v) is 3.64. The van der Waals surface area contributed by atoms with Crippen LogP contribution in [0.2, 0.25) is 0 Å². The Hall–Kier alpha value is -4.72. The lowest BCUT2D eigenvalue weighted by Gasteiger charge is -2.13. The largest absolute Gasteiger partial charge is 0.493 e. The first-order valence-corrected chi connectivity index (χ1v) is 10.4. The van der Waals surface area contributed by atoms with Gasteiger partial charge in [0, 0.05) is 35.7 Å². The van der Waals surface area contributed by atoms with Crippen LogP contribution < -0.4 is 19.5 Å². The molecule has 1 N–H and O–H groups in total. The number of pyridine rings is 1. The molecule has 2 aromatic heterocycles. The molecule has 0 aliphatic heterocycles. The highest BCUT2D eigenvalue weighted by Crippen LogP contribution is 2.37. The lowest BCUT2D eigenvalue weighted by atomic mass is 10.1. The van der Waals surface area contributed by atoms with Gasteiger partial charge in [-0.15, -0.1) is 0 Å². The molecule has 0 saturated heterocycles. The Bertz CT molecular complexity index is 1510. The Balaban J connectivity index is 1.45. The van der Waals surface area contributed by atoms with Crippen molar-refractivity contribution in [3.63, 3.8) is 0 Å². The van der Waals surface area contributed by atoms with Crippen LogP contribution in [0, 0.1) is 0 Å². The first-order chi connectivity index (χ1) is 16.6. The van der Waals surface area contributed by atoms with Gasteiger partial charge in [-0.25, -0.2) is 4.98 Å². The number of hydrogen-bond donors (Lipinski definition) is 1. The van der Waals surface area contributed by atoms with Crippen LogP contribution >= 0.6 is 0 Å². The van der Waals surface area contributed by atoms with E-state index in [0.29, 0.717) is 28.7 Å². The van der Waals surface area contributed by atoms with Crippen molar-refractivity contribution in [2.75, 3.05) is 19.5 Å². The molecule has 0 saturated carbocycles. The average Bonchev–Trinajstić information content (AvgIpc) is 2.88. The second kappa shape index (κ2) is 9.03. The Morgan fingerprint density at radius 1 is 0.794 bits per heavy atom. The molecule has 0 radical (unpaired) electrons. The van der Waals surface area contributed by atoms with Crippen LogP contribution in [0.15, 0.2) is 79.4 Å². The third-order valence-corrected chi connectivity index (χ3v) is 5.30. The van der Waals surface area contributed by atoms with Crippen LogP contribution in [-0.2, 0) is 0 Å². The van der Waals surface area contributed by atoms with Gasteiger partial charge in [-0.05, 0) is 47.2 Å². The highest BCUT2D eigenvalue weighted by Gasteiger charge is 2.12. The van der Waals surface area contributed by atoms with E-state index in [0.717, 1.165) is 21.7 Å². The predicted octanol–water partition coefficient (Wildman–Crippen LogP) is 5.24. The van der Waals surface area contributed by atoms with E-state index in [4.69, 9.17) is 14.2 Å². The number of methoxy groups -OCH3 is 2. The molecule has 8 heteroatoms. The topological polar surface area (TPSA) is 95.5 Å². The number of fused-ring (bicyclic) bond motifs is 2. The van der Waals surface area contributed by atoms with Crippen molar-refractivity contribution >= 4 is 33.3 Å². The normalized spacial score (nSPS) is 10.8. The first-order valence-electron chi connectivity index (χ1n) is 10.4. The number of rotatable bonds is 6. The Labute approximate surface area is 195 Å². The Morgan fingerprint density at radius 2 is 1.62 bits per heavy atom. The summed E-state index contributed by atoms with van der Waals surface area (Å²) >= 11 is 0. The van der Waals surface area contributed by atoms with E-state index in [-0.39, 0.29) is 11.6 Å². The van der Waals surface area contributed by atoms with Crippen LogP contribution in [0.5, 0.6) is 23.0 Å². The van der Waals surface area contributed by atoms with E-state index in [1.165, 1.54) is 18.6 Å². The number of hydrogen-bond acceptors (Lipinski definition) is 7. The van der Waals surface area contributed by atoms with Gasteiger partial charge >= 0.3 is 0 Å². The van der Waals surface area contributed by atoms with Gasteiger partial charge in [-0.2, -0.15) is 0 Å². The van der Waals surface area contributed by atoms with Crippen LogP contribution in [0.4, 0.5) is 5.69 Å². The molecule has 0 spiro atoms. The molecule has 0 aliphatic rings. The summed E-state index contributed by atoms with van der Waals surface area (Å²) in [5.41, 5.74) is 1.62. The number of anilines is 1. The van der Waals surface area contributed by atoms with Crippen molar-refractivity contribution in [3.8, 4) is 23.0 Å². The van der Waals surface area contributed by atoms with Gasteiger partial charge in [0.15, 0.2) is 11.5 Å². The zero-order valence-corrected chi connectivity index (χ0v) is 18.5. The second-order valence-corrected chi connectivity index (χ2v) is 7.40. The predicted molar refractivity (Wildman–Crippen MR) is 129 cm³/mol. The SMILES string of the molecule is COc1cc2nccc(Oc3ccc4ccc(NC(=O)c5cnccn5)cc4c3)c2cc1OC. The average molecular weight is 452 g/mol. The summed E-state index contributed by atoms with van der Waals surface area (Å²) in [4.78, 5) is 24.8. The number of nitrogens with one attached hydrogen (secondary N) is 1. The van der Waals surface area contributed by atoms with Gasteiger partial charge in [0.25, 0.3) is 5.91 Å². The van der Waals surface area contributed by atoms with Gasteiger partial charge in [0.2, 0.25) is 0 Å². The minimum atomic E-state index is -0.326. The summed E-state index contributed by atoms with van der Waals surface area (Å²) in [5, 5.41) is 5.57. The van der Waals surface area contributed by atoms with Gasteiger partial charge in [-0.1, -0.05) is 12.1 Å². The van der Waals surface area contributed by atoms with Crippen molar-refractivity contribution in [2.24, 2.45) is 0 Å². The van der Waals surface area contributed by atoms with E-state index in [1.54, 1.807) is 26.5 Å². The number of ether oxygens (including phenoxy) is 3. The monoisotopic (exact) mass is 452 g/mol. The van der Waals surface area contributed by atoms with Crippen molar-refractivity contribution in [1.82, 2.24) is 15.0 Å². The quantitative estimate of drug-likeness (QED) is 0.376. The van der Waals surface area contributed by atoms with Crippen molar-refractivity contribution < 1.29 is 19.0 Å². The molecular formula is C26H20N4O4. The molecule has 5 rings (SSSR count). The third kappa shape index (κ3) is 4.16. The summed E-state index contributed by atoms with van der Waals surface area (Å²) < 4.78 is 17.0. The minimum Gasteiger partial charge on any atom is -0.493 e. The second-order valence-electron chi connectivity index (χ2n) is 7.40. The lowest BCUT2D eigenvalue weighted by molar-refractivity contribution is 0.102. The van der Waals surface area contributed by atoms with Crippen molar-refractivity contribution in [3.05, 3.63) is 85.1 Å². The molecule has 168 valence electrons. The lowest BCUT2D eigenvalue weighted by Crippen LogP contribution is -2.13. The van der Waals surface area contributed by atoms with Gasteiger partial charge in [0.05, 0.1) is 25.9 Å². The van der Waals surface area contributed by atoms with Gasteiger partial charge < -0.3 is 19.5 Å². The van der Waals surface area contributed by atoms with E-state index in [1.807, 2.05) is 48.5 Å². The molecule has 0 aliphatic carbocycles. The maximum atomic E-state index is 12.4. The molecule has 34 heavy (non-hydrogen) atoms. The standard InChI is InChI=1S/C26H20N4O4/c1-32-24-13-20-21(14-25(24)33-2)28-8-7-23(20)34-19-6-4-16-3-5-18(11-17(16)12-19)30-26(31)22-15-27-9-10-29-22/h3-15H,1-2H3,(H,30,31). The smallest absolute Gasteiger partial charge is 0.275 e. The molecule has 2 heterocycles. The van der Waals surface area contributed by atoms with Crippen LogP contribution in [0.25, 0.3) is 21.7 Å². The maximum Gasteiger partial charge on any atom is 0.275 e. The Morgan fingerprint density at radius 3 is 2.41 bits per heavy atom. The summed E-state index contributed by atoms with van der Waals surface area (Å²) in [6.07, 6.45) is 6.11. The molecule has 0 unspecified atom stereocenters. The summed E-state index contributed by atoms with van der Waals surface area (Å²) in [6, 6.07) is 16.9. The van der Waals surface area contributed by atoms with Crippen LogP contribution in [0.3, 0.4) is 0 Å². The summed E-state index contributed by atoms with van der Waals surface area (Å²) in [7, 11) is 3.17. The van der Waals surface area contributed by atoms with E-state index in [2.05, 4.69) is 20.3 Å². The van der Waals surface area contributed by atoms with Crippen molar-refractivity contribution in [2.45, 2.75) is 0 Å². The van der Waals surface area contributed by atoms with Crippen LogP contribution in [0.1, 0.15) is 10.5 Å². The van der Waals surface area contributed by atoms with Gasteiger partial charge in [-0.3, -0.25) is 14.8 Å². The number of nitrogens with zero attached hydrogens (tertiary/aromatic N) is 3. The minimum absolute atomic E-state index is 0.247. The fraction of sp³-hybridized carbons (Fsp3) is 0.0769. The van der Waals surface area contributed by atoms with E-state index in [9.17, 15) is 4.79 Å². The molecule has 8 nitrogen and oxygen atoms in total. The van der Waals surface area contributed by atoms with Crippen molar-refractivity contribution in [1.29, 1.82) is 0 Å². The zero-order chi connectivity index (χ0) is 23.5. The number of amides is 1. The molecule has 0 atom stereocenters. The fourth-order valence-electron chi connectivity index (χ4n) is 3.64. The van der Waals surface area contributed by atoms with Crippen LogP contribution in [-0.4, -0.2) is 35.1 Å². The molecule has 5 aromatic rings. The van der Waals surface area contributed by atoms with Gasteiger partial charge in [0.1, 0.15) is 17.2 Å². The number of benzene rings is 3. The maximum absolute atomic E-state index is 12.4. The van der Waals surface area contributed by atoms with E-state index >= 15 is 0 Å². The number of carbonyl (C=O) groups excluding carboxylic acids is 1. The highest BCUT2D eigenvalue weighted by molar-refractivity contribution is 6.03. The third-order valence-electron chi connectivity index (χ3n) is 5.30. The Kier molecular flexibility index (Phi) is 5.61.